The smallest absolute Gasteiger partial charge is 0.230 e. The Hall–Kier alpha value is -2.60. The Labute approximate surface area is 176 Å². The fraction of sp³-hybridized carbons (Fsp3) is 0.348. The second kappa shape index (κ2) is 9.74. The van der Waals surface area contributed by atoms with Crippen LogP contribution in [0.25, 0.3) is 5.69 Å². The van der Waals surface area contributed by atoms with Crippen LogP contribution in [0.15, 0.2) is 53.7 Å². The van der Waals surface area contributed by atoms with E-state index in [9.17, 15) is 4.79 Å². The van der Waals surface area contributed by atoms with Crippen LogP contribution in [-0.2, 0) is 11.2 Å². The van der Waals surface area contributed by atoms with E-state index in [0.717, 1.165) is 16.7 Å². The molecule has 0 unspecified atom stereocenters. The van der Waals surface area contributed by atoms with Crippen molar-refractivity contribution in [2.45, 2.75) is 39.3 Å². The van der Waals surface area contributed by atoms with Crippen molar-refractivity contribution in [3.63, 3.8) is 0 Å². The van der Waals surface area contributed by atoms with E-state index in [1.54, 1.807) is 0 Å². The first-order chi connectivity index (χ1) is 13.9. The zero-order valence-corrected chi connectivity index (χ0v) is 18.3. The van der Waals surface area contributed by atoms with Gasteiger partial charge in [-0.15, -0.1) is 10.2 Å². The van der Waals surface area contributed by atoms with Gasteiger partial charge < -0.3 is 5.32 Å². The molecule has 152 valence electrons. The van der Waals surface area contributed by atoms with Crippen LogP contribution in [0.3, 0.4) is 0 Å². The summed E-state index contributed by atoms with van der Waals surface area (Å²) < 4.78 is 2.07. The van der Waals surface area contributed by atoms with E-state index in [4.69, 9.17) is 0 Å². The van der Waals surface area contributed by atoms with Crippen LogP contribution in [0.1, 0.15) is 36.4 Å². The van der Waals surface area contributed by atoms with E-state index in [-0.39, 0.29) is 5.91 Å². The first-order valence-corrected chi connectivity index (χ1v) is 10.9. The Morgan fingerprint density at radius 3 is 2.52 bits per heavy atom. The number of rotatable bonds is 8. The maximum absolute atomic E-state index is 12.2. The minimum Gasteiger partial charge on any atom is -0.355 e. The number of aromatic nitrogens is 3. The quantitative estimate of drug-likeness (QED) is 0.563. The van der Waals surface area contributed by atoms with Crippen molar-refractivity contribution in [2.75, 3.05) is 12.3 Å². The summed E-state index contributed by atoms with van der Waals surface area (Å²) in [5.41, 5.74) is 4.66. The van der Waals surface area contributed by atoms with Gasteiger partial charge in [-0.25, -0.2) is 0 Å². The minimum absolute atomic E-state index is 0.0166. The zero-order chi connectivity index (χ0) is 20.8. The number of thioether (sulfide) groups is 1. The summed E-state index contributed by atoms with van der Waals surface area (Å²) >= 11 is 1.42. The van der Waals surface area contributed by atoms with Crippen molar-refractivity contribution in [3.8, 4) is 5.69 Å². The molecule has 0 saturated heterocycles. The van der Waals surface area contributed by atoms with Crippen LogP contribution in [0.5, 0.6) is 0 Å². The molecule has 29 heavy (non-hydrogen) atoms. The lowest BCUT2D eigenvalue weighted by Gasteiger charge is -2.12. The van der Waals surface area contributed by atoms with Crippen LogP contribution in [-0.4, -0.2) is 33.0 Å². The maximum atomic E-state index is 12.2. The Morgan fingerprint density at radius 1 is 1.07 bits per heavy atom. The molecule has 0 radical (unpaired) electrons. The van der Waals surface area contributed by atoms with Crippen molar-refractivity contribution >= 4 is 17.7 Å². The lowest BCUT2D eigenvalue weighted by atomic mass is 10.1. The number of amides is 1. The SMILES string of the molecule is Cc1ccc(-n2c(Cc3ccccc3)nnc2SCC(=O)NCC(C)C)cc1C. The van der Waals surface area contributed by atoms with Crippen LogP contribution in [0.4, 0.5) is 0 Å². The number of hydrogen-bond donors (Lipinski definition) is 1. The molecule has 6 heteroatoms. The highest BCUT2D eigenvalue weighted by Gasteiger charge is 2.17. The fourth-order valence-corrected chi connectivity index (χ4v) is 3.71. The molecule has 0 fully saturated rings. The van der Waals surface area contributed by atoms with Gasteiger partial charge in [-0.3, -0.25) is 9.36 Å². The Kier molecular flexibility index (Phi) is 7.09. The van der Waals surface area contributed by atoms with Gasteiger partial charge in [0.15, 0.2) is 5.16 Å². The monoisotopic (exact) mass is 408 g/mol. The van der Waals surface area contributed by atoms with E-state index >= 15 is 0 Å². The number of carbonyl (C=O) groups excluding carboxylic acids is 1. The molecule has 0 aliphatic heterocycles. The molecule has 0 saturated carbocycles. The second-order valence-electron chi connectivity index (χ2n) is 7.65. The van der Waals surface area contributed by atoms with Gasteiger partial charge in [0.05, 0.1) is 5.75 Å². The van der Waals surface area contributed by atoms with Crippen molar-refractivity contribution in [2.24, 2.45) is 5.92 Å². The van der Waals surface area contributed by atoms with Gasteiger partial charge in [-0.05, 0) is 48.6 Å². The molecule has 0 bridgehead atoms. The Bertz CT molecular complexity index is 966. The summed E-state index contributed by atoms with van der Waals surface area (Å²) in [6.07, 6.45) is 0.681. The topological polar surface area (TPSA) is 59.8 Å². The molecular weight excluding hydrogens is 380 g/mol. The predicted molar refractivity (Wildman–Crippen MR) is 119 cm³/mol. The largest absolute Gasteiger partial charge is 0.355 e. The van der Waals surface area contributed by atoms with Crippen LogP contribution < -0.4 is 5.32 Å². The summed E-state index contributed by atoms with van der Waals surface area (Å²) in [7, 11) is 0. The standard InChI is InChI=1S/C23H28N4OS/c1-16(2)14-24-22(28)15-29-23-26-25-21(13-19-8-6-5-7-9-19)27(23)20-11-10-17(3)18(4)12-20/h5-12,16H,13-15H2,1-4H3,(H,24,28). The zero-order valence-electron chi connectivity index (χ0n) is 17.5. The predicted octanol–water partition coefficient (Wildman–Crippen LogP) is 4.34. The van der Waals surface area contributed by atoms with Gasteiger partial charge in [0.1, 0.15) is 5.82 Å². The molecule has 2 aromatic carbocycles. The van der Waals surface area contributed by atoms with Gasteiger partial charge in [0, 0.05) is 18.7 Å². The van der Waals surface area contributed by atoms with E-state index < -0.39 is 0 Å². The average molecular weight is 409 g/mol. The first kappa shape index (κ1) is 21.1. The molecule has 5 nitrogen and oxygen atoms in total. The molecule has 3 aromatic rings. The highest BCUT2D eigenvalue weighted by atomic mass is 32.2. The van der Waals surface area contributed by atoms with E-state index in [1.807, 2.05) is 18.2 Å². The fourth-order valence-electron chi connectivity index (χ4n) is 2.91. The summed E-state index contributed by atoms with van der Waals surface area (Å²) in [5, 5.41) is 12.5. The van der Waals surface area contributed by atoms with E-state index in [2.05, 4.69) is 78.1 Å². The summed E-state index contributed by atoms with van der Waals surface area (Å²) in [6, 6.07) is 16.6. The molecule has 0 spiro atoms. The second-order valence-corrected chi connectivity index (χ2v) is 8.59. The molecule has 1 N–H and O–H groups in total. The van der Waals surface area contributed by atoms with E-state index in [0.29, 0.717) is 24.6 Å². The number of nitrogens with one attached hydrogen (secondary N) is 1. The lowest BCUT2D eigenvalue weighted by Crippen LogP contribution is -2.28. The normalized spacial score (nSPS) is 11.1. The van der Waals surface area contributed by atoms with Crippen LogP contribution in [0.2, 0.25) is 0 Å². The molecular formula is C23H28N4OS. The molecule has 0 atom stereocenters. The maximum Gasteiger partial charge on any atom is 0.230 e. The highest BCUT2D eigenvalue weighted by Crippen LogP contribution is 2.25. The van der Waals surface area contributed by atoms with Crippen molar-refractivity contribution in [3.05, 3.63) is 71.0 Å². The molecule has 0 aliphatic rings. The van der Waals surface area contributed by atoms with Gasteiger partial charge in [0.2, 0.25) is 5.91 Å². The minimum atomic E-state index is 0.0166. The highest BCUT2D eigenvalue weighted by molar-refractivity contribution is 7.99. The molecule has 0 aliphatic carbocycles. The number of benzene rings is 2. The van der Waals surface area contributed by atoms with E-state index in [1.165, 1.54) is 28.5 Å². The third kappa shape index (κ3) is 5.70. The Balaban J connectivity index is 1.87. The van der Waals surface area contributed by atoms with Crippen molar-refractivity contribution in [1.29, 1.82) is 0 Å². The van der Waals surface area contributed by atoms with Crippen molar-refractivity contribution < 1.29 is 4.79 Å². The number of aryl methyl sites for hydroxylation is 2. The summed E-state index contributed by atoms with van der Waals surface area (Å²) in [4.78, 5) is 12.2. The molecule has 1 aromatic heterocycles. The first-order valence-electron chi connectivity index (χ1n) is 9.89. The van der Waals surface area contributed by atoms with Crippen molar-refractivity contribution in [1.82, 2.24) is 20.1 Å². The molecule has 1 heterocycles. The Morgan fingerprint density at radius 2 is 1.83 bits per heavy atom. The van der Waals surface area contributed by atoms with Gasteiger partial charge in [0.25, 0.3) is 0 Å². The average Bonchev–Trinajstić information content (AvgIpc) is 3.10. The summed E-state index contributed by atoms with van der Waals surface area (Å²) in [6.45, 7) is 9.05. The van der Waals surface area contributed by atoms with Crippen LogP contribution >= 0.6 is 11.8 Å². The van der Waals surface area contributed by atoms with Gasteiger partial charge >= 0.3 is 0 Å². The van der Waals surface area contributed by atoms with Gasteiger partial charge in [-0.2, -0.15) is 0 Å². The summed E-state index contributed by atoms with van der Waals surface area (Å²) in [5.74, 6) is 1.63. The number of hydrogen-bond acceptors (Lipinski definition) is 4. The molecule has 1 amide bonds. The number of carbonyl (C=O) groups is 1. The lowest BCUT2D eigenvalue weighted by molar-refractivity contribution is -0.118. The van der Waals surface area contributed by atoms with Crippen LogP contribution in [0, 0.1) is 19.8 Å². The molecule has 3 rings (SSSR count). The third-order valence-electron chi connectivity index (χ3n) is 4.69. The van der Waals surface area contributed by atoms with Gasteiger partial charge in [-0.1, -0.05) is 62.0 Å². The third-order valence-corrected chi connectivity index (χ3v) is 5.62. The number of nitrogens with zero attached hydrogens (tertiary/aromatic N) is 3.